The molecule has 3 unspecified atom stereocenters. The normalized spacial score (nSPS) is 25.6. The standard InChI is InChI=1S/C18H29NO2/c1-4-6-14-7-12-17(19-3)18(13-14)21-16-10-8-15(9-11-16)20-5-2/h8-11,14,17-19H,4-7,12-13H2,1-3H3. The van der Waals surface area contributed by atoms with E-state index in [9.17, 15) is 0 Å². The lowest BCUT2D eigenvalue weighted by molar-refractivity contribution is 0.0865. The van der Waals surface area contributed by atoms with Crippen LogP contribution in [0.15, 0.2) is 24.3 Å². The number of likely N-dealkylation sites (N-methyl/N-ethyl adjacent to an activating group) is 1. The summed E-state index contributed by atoms with van der Waals surface area (Å²) >= 11 is 0. The summed E-state index contributed by atoms with van der Waals surface area (Å²) in [5, 5.41) is 3.42. The molecule has 0 bridgehead atoms. The molecule has 0 aliphatic heterocycles. The molecule has 1 N–H and O–H groups in total. The van der Waals surface area contributed by atoms with Gasteiger partial charge in [-0.1, -0.05) is 19.8 Å². The summed E-state index contributed by atoms with van der Waals surface area (Å²) in [7, 11) is 2.04. The largest absolute Gasteiger partial charge is 0.494 e. The van der Waals surface area contributed by atoms with Gasteiger partial charge in [-0.05, 0) is 63.4 Å². The Balaban J connectivity index is 1.97. The molecule has 1 fully saturated rings. The summed E-state index contributed by atoms with van der Waals surface area (Å²) in [5.41, 5.74) is 0. The number of hydrogen-bond donors (Lipinski definition) is 1. The molecule has 21 heavy (non-hydrogen) atoms. The minimum Gasteiger partial charge on any atom is -0.494 e. The molecule has 118 valence electrons. The molecule has 0 heterocycles. The Morgan fingerprint density at radius 2 is 1.81 bits per heavy atom. The highest BCUT2D eigenvalue weighted by Crippen LogP contribution is 2.31. The van der Waals surface area contributed by atoms with E-state index < -0.39 is 0 Å². The van der Waals surface area contributed by atoms with Crippen LogP contribution in [0.2, 0.25) is 0 Å². The maximum atomic E-state index is 6.25. The lowest BCUT2D eigenvalue weighted by Crippen LogP contribution is -2.45. The van der Waals surface area contributed by atoms with Gasteiger partial charge in [-0.15, -0.1) is 0 Å². The van der Waals surface area contributed by atoms with Crippen molar-refractivity contribution in [2.75, 3.05) is 13.7 Å². The van der Waals surface area contributed by atoms with Crippen molar-refractivity contribution in [2.45, 2.75) is 58.1 Å². The molecule has 1 aliphatic rings. The van der Waals surface area contributed by atoms with E-state index >= 15 is 0 Å². The van der Waals surface area contributed by atoms with Crippen molar-refractivity contribution >= 4 is 0 Å². The molecule has 1 aromatic rings. The fraction of sp³-hybridized carbons (Fsp3) is 0.667. The van der Waals surface area contributed by atoms with Gasteiger partial charge in [0.2, 0.25) is 0 Å². The third-order valence-electron chi connectivity index (χ3n) is 4.39. The molecule has 2 rings (SSSR count). The quantitative estimate of drug-likeness (QED) is 0.823. The van der Waals surface area contributed by atoms with E-state index in [0.29, 0.717) is 12.6 Å². The van der Waals surface area contributed by atoms with Crippen molar-refractivity contribution in [3.63, 3.8) is 0 Å². The van der Waals surface area contributed by atoms with Gasteiger partial charge in [-0.25, -0.2) is 0 Å². The minimum absolute atomic E-state index is 0.276. The lowest BCUT2D eigenvalue weighted by Gasteiger charge is -2.36. The summed E-state index contributed by atoms with van der Waals surface area (Å²) in [6.45, 7) is 4.97. The van der Waals surface area contributed by atoms with Crippen LogP contribution in [-0.4, -0.2) is 25.8 Å². The SMILES string of the molecule is CCCC1CCC(NC)C(Oc2ccc(OCC)cc2)C1. The van der Waals surface area contributed by atoms with Gasteiger partial charge in [0.25, 0.3) is 0 Å². The number of rotatable bonds is 7. The Hall–Kier alpha value is -1.22. The molecule has 0 radical (unpaired) electrons. The van der Waals surface area contributed by atoms with Gasteiger partial charge in [0, 0.05) is 6.04 Å². The Morgan fingerprint density at radius 1 is 1.10 bits per heavy atom. The van der Waals surface area contributed by atoms with Crippen molar-refractivity contribution in [1.29, 1.82) is 0 Å². The first-order valence-corrected chi connectivity index (χ1v) is 8.33. The number of hydrogen-bond acceptors (Lipinski definition) is 3. The number of benzene rings is 1. The van der Waals surface area contributed by atoms with E-state index in [1.54, 1.807) is 0 Å². The van der Waals surface area contributed by atoms with E-state index in [1.807, 2.05) is 38.2 Å². The molecule has 0 aromatic heterocycles. The Kier molecular flexibility index (Phi) is 6.37. The highest BCUT2D eigenvalue weighted by Gasteiger charge is 2.30. The highest BCUT2D eigenvalue weighted by atomic mass is 16.5. The smallest absolute Gasteiger partial charge is 0.120 e. The third kappa shape index (κ3) is 4.63. The topological polar surface area (TPSA) is 30.5 Å². The molecule has 1 aromatic carbocycles. The van der Waals surface area contributed by atoms with Crippen LogP contribution in [-0.2, 0) is 0 Å². The van der Waals surface area contributed by atoms with Crippen molar-refractivity contribution in [1.82, 2.24) is 5.32 Å². The van der Waals surface area contributed by atoms with Crippen LogP contribution in [0.3, 0.4) is 0 Å². The van der Waals surface area contributed by atoms with E-state index in [4.69, 9.17) is 9.47 Å². The van der Waals surface area contributed by atoms with E-state index in [2.05, 4.69) is 12.2 Å². The van der Waals surface area contributed by atoms with Crippen LogP contribution in [0.1, 0.15) is 46.0 Å². The monoisotopic (exact) mass is 291 g/mol. The number of ether oxygens (including phenoxy) is 2. The second-order valence-corrected chi connectivity index (χ2v) is 5.92. The van der Waals surface area contributed by atoms with Crippen LogP contribution in [0.5, 0.6) is 11.5 Å². The molecule has 3 nitrogen and oxygen atoms in total. The first kappa shape index (κ1) is 16.2. The molecule has 3 atom stereocenters. The van der Waals surface area contributed by atoms with E-state index in [-0.39, 0.29) is 6.10 Å². The van der Waals surface area contributed by atoms with Crippen LogP contribution in [0.25, 0.3) is 0 Å². The van der Waals surface area contributed by atoms with Gasteiger partial charge in [0.15, 0.2) is 0 Å². The Bertz CT molecular complexity index is 404. The highest BCUT2D eigenvalue weighted by molar-refractivity contribution is 5.31. The molecular formula is C18H29NO2. The van der Waals surface area contributed by atoms with E-state index in [1.165, 1.54) is 25.7 Å². The zero-order valence-corrected chi connectivity index (χ0v) is 13.6. The maximum Gasteiger partial charge on any atom is 0.120 e. The van der Waals surface area contributed by atoms with Gasteiger partial charge in [-0.3, -0.25) is 0 Å². The maximum absolute atomic E-state index is 6.25. The van der Waals surface area contributed by atoms with E-state index in [0.717, 1.165) is 23.8 Å². The van der Waals surface area contributed by atoms with Crippen molar-refractivity contribution < 1.29 is 9.47 Å². The van der Waals surface area contributed by atoms with Crippen LogP contribution in [0.4, 0.5) is 0 Å². The van der Waals surface area contributed by atoms with Crippen molar-refractivity contribution in [3.05, 3.63) is 24.3 Å². The predicted octanol–water partition coefficient (Wildman–Crippen LogP) is 4.02. The summed E-state index contributed by atoms with van der Waals surface area (Å²) in [4.78, 5) is 0. The van der Waals surface area contributed by atoms with Crippen LogP contribution < -0.4 is 14.8 Å². The summed E-state index contributed by atoms with van der Waals surface area (Å²) in [6, 6.07) is 8.46. The van der Waals surface area contributed by atoms with Crippen LogP contribution in [0, 0.1) is 5.92 Å². The van der Waals surface area contributed by atoms with Crippen molar-refractivity contribution in [2.24, 2.45) is 5.92 Å². The van der Waals surface area contributed by atoms with Gasteiger partial charge in [0.05, 0.1) is 6.61 Å². The first-order valence-electron chi connectivity index (χ1n) is 8.33. The molecular weight excluding hydrogens is 262 g/mol. The molecule has 1 aliphatic carbocycles. The zero-order chi connectivity index (χ0) is 15.1. The molecule has 0 saturated heterocycles. The summed E-state index contributed by atoms with van der Waals surface area (Å²) in [6.07, 6.45) is 6.56. The summed E-state index contributed by atoms with van der Waals surface area (Å²) in [5.74, 6) is 2.66. The first-order chi connectivity index (χ1) is 10.3. The fourth-order valence-corrected chi connectivity index (χ4v) is 3.30. The van der Waals surface area contributed by atoms with Gasteiger partial charge < -0.3 is 14.8 Å². The number of nitrogens with one attached hydrogen (secondary N) is 1. The second-order valence-electron chi connectivity index (χ2n) is 5.92. The molecule has 3 heteroatoms. The predicted molar refractivity (Wildman–Crippen MR) is 87.1 cm³/mol. The second kappa shape index (κ2) is 8.28. The Morgan fingerprint density at radius 3 is 2.43 bits per heavy atom. The zero-order valence-electron chi connectivity index (χ0n) is 13.6. The Labute approximate surface area is 129 Å². The minimum atomic E-state index is 0.276. The van der Waals surface area contributed by atoms with Gasteiger partial charge in [-0.2, -0.15) is 0 Å². The lowest BCUT2D eigenvalue weighted by atomic mass is 9.81. The fourth-order valence-electron chi connectivity index (χ4n) is 3.30. The molecule has 0 spiro atoms. The average molecular weight is 291 g/mol. The summed E-state index contributed by atoms with van der Waals surface area (Å²) < 4.78 is 11.7. The van der Waals surface area contributed by atoms with Crippen LogP contribution >= 0.6 is 0 Å². The average Bonchev–Trinajstić information content (AvgIpc) is 2.50. The molecule has 1 saturated carbocycles. The third-order valence-corrected chi connectivity index (χ3v) is 4.39. The molecule has 0 amide bonds. The van der Waals surface area contributed by atoms with Crippen molar-refractivity contribution in [3.8, 4) is 11.5 Å². The van der Waals surface area contributed by atoms with Gasteiger partial charge in [0.1, 0.15) is 17.6 Å². The van der Waals surface area contributed by atoms with Gasteiger partial charge >= 0.3 is 0 Å².